The summed E-state index contributed by atoms with van der Waals surface area (Å²) in [5, 5.41) is 105. The number of unbranched alkanes of at least 4 members (excludes halogenated alkanes) is 1. The SMILES string of the molecule is NC(=O)c1nc(Cl)cnc1C(N)=NCCCCc1ccc(C[C@@H](N)C(=O)Nc2ccc(CCCN(C[C@H](O)[C@@H](O)[C@H](O)[C@H](O)CO)C[C@H](O)[C@@H](O)[C@H](O)[C@H](O)CO)cc2)c2ccccc12. The van der Waals surface area contributed by atoms with Crippen molar-refractivity contribution in [1.82, 2.24) is 14.9 Å². The van der Waals surface area contributed by atoms with Gasteiger partial charge in [0, 0.05) is 25.3 Å². The van der Waals surface area contributed by atoms with Crippen molar-refractivity contribution in [2.24, 2.45) is 22.2 Å². The molecule has 9 atom stereocenters. The first-order valence-corrected chi connectivity index (χ1v) is 21.5. The fourth-order valence-electron chi connectivity index (χ4n) is 7.20. The smallest absolute Gasteiger partial charge is 0.269 e. The van der Waals surface area contributed by atoms with Crippen molar-refractivity contribution >= 4 is 45.7 Å². The van der Waals surface area contributed by atoms with Crippen LogP contribution in [0.25, 0.3) is 10.8 Å². The van der Waals surface area contributed by atoms with E-state index in [-0.39, 0.29) is 54.3 Å². The van der Waals surface area contributed by atoms with Gasteiger partial charge >= 0.3 is 0 Å². The molecule has 356 valence electrons. The van der Waals surface area contributed by atoms with Crippen LogP contribution < -0.4 is 22.5 Å². The number of amides is 2. The number of aliphatic hydroxyl groups is 10. The number of fused-ring (bicyclic) bond motifs is 1. The second-order valence-corrected chi connectivity index (χ2v) is 16.3. The third-order valence-corrected chi connectivity index (χ3v) is 11.1. The van der Waals surface area contributed by atoms with Crippen molar-refractivity contribution < 1.29 is 60.7 Å². The Morgan fingerprint density at radius 3 is 1.83 bits per heavy atom. The molecule has 21 heteroatoms. The van der Waals surface area contributed by atoms with Gasteiger partial charge in [0.05, 0.1) is 37.7 Å². The molecule has 1 heterocycles. The number of primary amides is 1. The molecule has 0 aliphatic rings. The first-order chi connectivity index (χ1) is 30.9. The molecule has 0 saturated heterocycles. The first kappa shape index (κ1) is 52.8. The number of amidine groups is 1. The average Bonchev–Trinajstić information content (AvgIpc) is 3.30. The summed E-state index contributed by atoms with van der Waals surface area (Å²) in [5.74, 6) is -1.16. The molecule has 4 aromatic rings. The Morgan fingerprint density at radius 1 is 0.708 bits per heavy atom. The van der Waals surface area contributed by atoms with Crippen LogP contribution in [0.3, 0.4) is 0 Å². The minimum absolute atomic E-state index is 0.0114. The van der Waals surface area contributed by atoms with E-state index in [1.165, 1.54) is 11.1 Å². The number of benzene rings is 3. The van der Waals surface area contributed by atoms with Gasteiger partial charge < -0.3 is 73.6 Å². The van der Waals surface area contributed by atoms with E-state index in [0.717, 1.165) is 40.3 Å². The number of halogens is 1. The van der Waals surface area contributed by atoms with Crippen molar-refractivity contribution in [3.8, 4) is 0 Å². The highest BCUT2D eigenvalue weighted by atomic mass is 35.5. The average molecular weight is 929 g/mol. The molecule has 0 fully saturated rings. The van der Waals surface area contributed by atoms with E-state index in [4.69, 9.17) is 39.0 Å². The van der Waals surface area contributed by atoms with Gasteiger partial charge in [0.25, 0.3) is 5.91 Å². The molecular weight excluding hydrogens is 868 g/mol. The second kappa shape index (κ2) is 25.8. The van der Waals surface area contributed by atoms with Gasteiger partial charge in [-0.1, -0.05) is 60.1 Å². The largest absolute Gasteiger partial charge is 0.394 e. The maximum absolute atomic E-state index is 13.3. The maximum atomic E-state index is 13.3. The van der Waals surface area contributed by atoms with Crippen LogP contribution in [0, 0.1) is 0 Å². The summed E-state index contributed by atoms with van der Waals surface area (Å²) in [6, 6.07) is 18.0. The molecule has 65 heavy (non-hydrogen) atoms. The number of aryl methyl sites for hydroxylation is 2. The van der Waals surface area contributed by atoms with Crippen molar-refractivity contribution in [1.29, 1.82) is 0 Å². The molecule has 0 unspecified atom stereocenters. The van der Waals surface area contributed by atoms with Crippen molar-refractivity contribution in [3.63, 3.8) is 0 Å². The second-order valence-electron chi connectivity index (χ2n) is 15.9. The van der Waals surface area contributed by atoms with Crippen molar-refractivity contribution in [2.75, 3.05) is 44.7 Å². The number of nitrogens with one attached hydrogen (secondary N) is 1. The van der Waals surface area contributed by atoms with Crippen LogP contribution in [-0.4, -0.2) is 178 Å². The van der Waals surface area contributed by atoms with Gasteiger partial charge in [-0.15, -0.1) is 0 Å². The highest BCUT2D eigenvalue weighted by Crippen LogP contribution is 2.26. The number of aromatic nitrogens is 2. The molecule has 0 spiro atoms. The summed E-state index contributed by atoms with van der Waals surface area (Å²) in [7, 11) is 0. The number of carbonyl (C=O) groups is 2. The number of hydrogen-bond acceptors (Lipinski definition) is 17. The standard InChI is InChI=1S/C44H61ClN8O12/c45-35-19-50-36(37(52-35)43(48)64)42(47)49-16-4-3-7-25-12-13-26(29-9-2-1-8-28(25)29)18-30(46)44(65)51-27-14-10-24(11-15-27)6-5-17-53(20-31(56)38(60)40(62)33(58)22-54)21-32(57)39(61)41(63)34(59)23-55/h1-2,8-15,19,30-34,38-41,54-63H,3-7,16-18,20-23,46H2,(H2,47,49)(H2,48,64)(H,51,65)/t30-,31+,32+,33-,34-,38-,39-,40-,41-/m1/s1. The molecule has 0 saturated carbocycles. The molecule has 3 aromatic carbocycles. The third-order valence-electron chi connectivity index (χ3n) is 10.9. The Labute approximate surface area is 380 Å². The molecule has 2 amide bonds. The van der Waals surface area contributed by atoms with E-state index >= 15 is 0 Å². The molecule has 20 nitrogen and oxygen atoms in total. The number of aliphatic hydroxyl groups excluding tert-OH is 10. The molecule has 0 aliphatic heterocycles. The van der Waals surface area contributed by atoms with Crippen LogP contribution in [0.1, 0.15) is 52.1 Å². The van der Waals surface area contributed by atoms with Crippen molar-refractivity contribution in [2.45, 2.75) is 93.4 Å². The summed E-state index contributed by atoms with van der Waals surface area (Å²) < 4.78 is 0. The summed E-state index contributed by atoms with van der Waals surface area (Å²) in [6.45, 7) is -1.96. The number of anilines is 1. The van der Waals surface area contributed by atoms with Crippen LogP contribution in [-0.2, 0) is 24.1 Å². The quantitative estimate of drug-likeness (QED) is 0.0170. The van der Waals surface area contributed by atoms with Gasteiger partial charge in [0.1, 0.15) is 53.3 Å². The summed E-state index contributed by atoms with van der Waals surface area (Å²) in [6.07, 6.45) is -9.74. The first-order valence-electron chi connectivity index (χ1n) is 21.1. The molecule has 4 rings (SSSR count). The molecule has 1 aromatic heterocycles. The van der Waals surface area contributed by atoms with E-state index in [1.807, 2.05) is 36.4 Å². The fourth-order valence-corrected chi connectivity index (χ4v) is 7.34. The van der Waals surface area contributed by atoms with Gasteiger partial charge in [-0.05, 0) is 84.7 Å². The predicted molar refractivity (Wildman–Crippen MR) is 242 cm³/mol. The topological polar surface area (TPSA) is 368 Å². The van der Waals surface area contributed by atoms with Crippen LogP contribution in [0.15, 0.2) is 71.9 Å². The molecular formula is C44H61ClN8O12. The lowest BCUT2D eigenvalue weighted by atomic mass is 9.93. The number of aliphatic imine (C=N–C) groups is 1. The minimum atomic E-state index is -1.89. The third kappa shape index (κ3) is 15.4. The van der Waals surface area contributed by atoms with Gasteiger partial charge in [-0.2, -0.15) is 0 Å². The van der Waals surface area contributed by atoms with E-state index in [1.54, 1.807) is 24.3 Å². The summed E-state index contributed by atoms with van der Waals surface area (Å²) in [4.78, 5) is 38.8. The lowest BCUT2D eigenvalue weighted by Gasteiger charge is -2.33. The fraction of sp³-hybridized carbons (Fsp3) is 0.477. The van der Waals surface area contributed by atoms with E-state index < -0.39 is 74.0 Å². The predicted octanol–water partition coefficient (Wildman–Crippen LogP) is -2.27. The molecule has 0 radical (unpaired) electrons. The number of hydrogen-bond donors (Lipinski definition) is 14. The van der Waals surface area contributed by atoms with Crippen molar-refractivity contribution in [3.05, 3.63) is 100 Å². The van der Waals surface area contributed by atoms with Gasteiger partial charge in [0.15, 0.2) is 5.69 Å². The highest BCUT2D eigenvalue weighted by molar-refractivity contribution is 6.29. The Morgan fingerprint density at radius 2 is 1.26 bits per heavy atom. The zero-order chi connectivity index (χ0) is 47.8. The Balaban J connectivity index is 1.31. The summed E-state index contributed by atoms with van der Waals surface area (Å²) in [5.41, 5.74) is 21.2. The van der Waals surface area contributed by atoms with Gasteiger partial charge in [0.2, 0.25) is 5.91 Å². The number of rotatable bonds is 27. The lowest BCUT2D eigenvalue weighted by Crippen LogP contribution is -2.53. The maximum Gasteiger partial charge on any atom is 0.269 e. The molecule has 0 aliphatic carbocycles. The Bertz CT molecular complexity index is 2140. The van der Waals surface area contributed by atoms with Gasteiger partial charge in [-0.25, -0.2) is 9.97 Å². The van der Waals surface area contributed by atoms with Crippen LogP contribution in [0.5, 0.6) is 0 Å². The highest BCUT2D eigenvalue weighted by Gasteiger charge is 2.34. The van der Waals surface area contributed by atoms with E-state index in [2.05, 4.69) is 20.3 Å². The summed E-state index contributed by atoms with van der Waals surface area (Å²) >= 11 is 5.84. The van der Waals surface area contributed by atoms with Crippen LogP contribution in [0.2, 0.25) is 5.15 Å². The zero-order valence-electron chi connectivity index (χ0n) is 35.7. The number of nitrogens with zero attached hydrogens (tertiary/aromatic N) is 4. The zero-order valence-corrected chi connectivity index (χ0v) is 36.5. The lowest BCUT2D eigenvalue weighted by molar-refractivity contribution is -0.130. The Hall–Kier alpha value is -4.78. The molecule has 17 N–H and O–H groups in total. The van der Waals surface area contributed by atoms with Crippen LogP contribution >= 0.6 is 11.6 Å². The Kier molecular flexibility index (Phi) is 21.0. The van der Waals surface area contributed by atoms with E-state index in [9.17, 15) is 50.4 Å². The van der Waals surface area contributed by atoms with E-state index in [0.29, 0.717) is 31.5 Å². The van der Waals surface area contributed by atoms with Gasteiger partial charge in [-0.3, -0.25) is 19.5 Å². The monoisotopic (exact) mass is 928 g/mol. The number of carbonyl (C=O) groups excluding carboxylic acids is 2. The number of nitrogens with two attached hydrogens (primary N) is 3. The normalized spacial score (nSPS) is 16.4. The van der Waals surface area contributed by atoms with Crippen LogP contribution in [0.4, 0.5) is 5.69 Å². The minimum Gasteiger partial charge on any atom is -0.394 e. The molecule has 0 bridgehead atoms.